The fourth-order valence-electron chi connectivity index (χ4n) is 2.13. The number of carbonyl (C=O) groups excluding carboxylic acids is 1. The van der Waals surface area contributed by atoms with Gasteiger partial charge in [-0.15, -0.1) is 0 Å². The van der Waals surface area contributed by atoms with Crippen molar-refractivity contribution in [2.75, 3.05) is 32.7 Å². The third kappa shape index (κ3) is 4.64. The third-order valence-corrected chi connectivity index (χ3v) is 3.57. The van der Waals surface area contributed by atoms with E-state index in [9.17, 15) is 4.79 Å². The summed E-state index contributed by atoms with van der Waals surface area (Å²) < 4.78 is 0. The number of carbonyl (C=O) groups is 1. The van der Waals surface area contributed by atoms with Gasteiger partial charge in [0.2, 0.25) is 5.91 Å². The van der Waals surface area contributed by atoms with Crippen LogP contribution in [0.1, 0.15) is 33.6 Å². The molecule has 4 nitrogen and oxygen atoms in total. The summed E-state index contributed by atoms with van der Waals surface area (Å²) in [5.41, 5.74) is 5.66. The maximum absolute atomic E-state index is 11.9. The predicted molar refractivity (Wildman–Crippen MR) is 70.7 cm³/mol. The largest absolute Gasteiger partial charge is 0.340 e. The molecule has 0 spiro atoms. The predicted octanol–water partition coefficient (Wildman–Crippen LogP) is 0.914. The van der Waals surface area contributed by atoms with Gasteiger partial charge in [-0.05, 0) is 19.3 Å². The van der Waals surface area contributed by atoms with Crippen molar-refractivity contribution in [3.05, 3.63) is 0 Å². The summed E-state index contributed by atoms with van der Waals surface area (Å²) >= 11 is 0. The van der Waals surface area contributed by atoms with Crippen molar-refractivity contribution in [1.82, 2.24) is 9.80 Å². The van der Waals surface area contributed by atoms with E-state index in [4.69, 9.17) is 5.73 Å². The molecule has 0 aliphatic carbocycles. The van der Waals surface area contributed by atoms with Gasteiger partial charge >= 0.3 is 0 Å². The monoisotopic (exact) mass is 241 g/mol. The molecule has 4 heteroatoms. The average Bonchev–Trinajstić information content (AvgIpc) is 2.35. The van der Waals surface area contributed by atoms with Crippen molar-refractivity contribution in [2.45, 2.75) is 39.7 Å². The van der Waals surface area contributed by atoms with Crippen LogP contribution < -0.4 is 5.73 Å². The van der Waals surface area contributed by atoms with Crippen molar-refractivity contribution in [3.63, 3.8) is 0 Å². The van der Waals surface area contributed by atoms with Crippen LogP contribution in [-0.2, 0) is 4.79 Å². The molecule has 1 unspecified atom stereocenters. The lowest BCUT2D eigenvalue weighted by atomic mass is 10.1. The fraction of sp³-hybridized carbons (Fsp3) is 0.923. The van der Waals surface area contributed by atoms with Gasteiger partial charge in [0.05, 0.1) is 0 Å². The molecule has 0 saturated carbocycles. The Bertz CT molecular complexity index is 235. The van der Waals surface area contributed by atoms with E-state index in [1.165, 1.54) is 0 Å². The minimum atomic E-state index is 0.318. The molecule has 1 heterocycles. The van der Waals surface area contributed by atoms with Gasteiger partial charge in [-0.1, -0.05) is 13.8 Å². The molecule has 0 aromatic rings. The summed E-state index contributed by atoms with van der Waals surface area (Å²) in [6.45, 7) is 10.8. The summed E-state index contributed by atoms with van der Waals surface area (Å²) in [7, 11) is 0. The molecule has 1 atom stereocenters. The molecule has 1 aliphatic heterocycles. The molecule has 2 N–H and O–H groups in total. The van der Waals surface area contributed by atoms with E-state index in [-0.39, 0.29) is 0 Å². The molecule has 0 bridgehead atoms. The summed E-state index contributed by atoms with van der Waals surface area (Å²) in [5, 5.41) is 0. The first-order chi connectivity index (χ1) is 8.04. The van der Waals surface area contributed by atoms with Gasteiger partial charge in [0, 0.05) is 45.2 Å². The molecular formula is C13H27N3O. The van der Waals surface area contributed by atoms with E-state index >= 15 is 0 Å². The number of nitrogens with two attached hydrogens (primary N) is 1. The highest BCUT2D eigenvalue weighted by Gasteiger charge is 2.23. The molecular weight excluding hydrogens is 214 g/mol. The lowest BCUT2D eigenvalue weighted by Gasteiger charge is -2.37. The maximum atomic E-state index is 11.9. The van der Waals surface area contributed by atoms with Crippen LogP contribution in [-0.4, -0.2) is 54.5 Å². The van der Waals surface area contributed by atoms with Crippen molar-refractivity contribution in [2.24, 2.45) is 11.7 Å². The molecule has 1 amide bonds. The second-order valence-electron chi connectivity index (χ2n) is 5.43. The van der Waals surface area contributed by atoms with Crippen molar-refractivity contribution in [1.29, 1.82) is 0 Å². The molecule has 0 aromatic heterocycles. The average molecular weight is 241 g/mol. The Labute approximate surface area is 105 Å². The first-order valence-electron chi connectivity index (χ1n) is 6.76. The Hall–Kier alpha value is -0.610. The van der Waals surface area contributed by atoms with E-state index in [1.54, 1.807) is 0 Å². The SMILES string of the molecule is CC(C)CCC(=O)N1CCN(C(C)CN)CC1. The van der Waals surface area contributed by atoms with Crippen LogP contribution in [0.25, 0.3) is 0 Å². The van der Waals surface area contributed by atoms with Crippen molar-refractivity contribution >= 4 is 5.91 Å². The minimum Gasteiger partial charge on any atom is -0.340 e. The Morgan fingerprint density at radius 2 is 1.76 bits per heavy atom. The first kappa shape index (κ1) is 14.5. The van der Waals surface area contributed by atoms with E-state index in [2.05, 4.69) is 25.7 Å². The van der Waals surface area contributed by atoms with Gasteiger partial charge < -0.3 is 10.6 Å². The number of nitrogens with zero attached hydrogens (tertiary/aromatic N) is 2. The number of amides is 1. The van der Waals surface area contributed by atoms with E-state index in [1.807, 2.05) is 4.90 Å². The Balaban J connectivity index is 2.28. The molecule has 17 heavy (non-hydrogen) atoms. The minimum absolute atomic E-state index is 0.318. The van der Waals surface area contributed by atoms with Crippen LogP contribution in [0.4, 0.5) is 0 Å². The molecule has 100 valence electrons. The smallest absolute Gasteiger partial charge is 0.222 e. The van der Waals surface area contributed by atoms with Crippen LogP contribution in [0, 0.1) is 5.92 Å². The van der Waals surface area contributed by atoms with E-state index < -0.39 is 0 Å². The standard InChI is InChI=1S/C13H27N3O/c1-11(2)4-5-13(17)16-8-6-15(7-9-16)12(3)10-14/h11-12H,4-10,14H2,1-3H3. The fourth-order valence-corrected chi connectivity index (χ4v) is 2.13. The topological polar surface area (TPSA) is 49.6 Å². The van der Waals surface area contributed by atoms with Gasteiger partial charge in [-0.25, -0.2) is 0 Å². The highest BCUT2D eigenvalue weighted by Crippen LogP contribution is 2.10. The number of hydrogen-bond acceptors (Lipinski definition) is 3. The van der Waals surface area contributed by atoms with Crippen LogP contribution in [0.3, 0.4) is 0 Å². The highest BCUT2D eigenvalue weighted by molar-refractivity contribution is 5.76. The quantitative estimate of drug-likeness (QED) is 0.778. The van der Waals surface area contributed by atoms with Gasteiger partial charge in [0.15, 0.2) is 0 Å². The van der Waals surface area contributed by atoms with Crippen molar-refractivity contribution in [3.8, 4) is 0 Å². The summed E-state index contributed by atoms with van der Waals surface area (Å²) in [5.74, 6) is 0.927. The van der Waals surface area contributed by atoms with Crippen LogP contribution in [0.5, 0.6) is 0 Å². The Morgan fingerprint density at radius 3 is 2.24 bits per heavy atom. The lowest BCUT2D eigenvalue weighted by molar-refractivity contribution is -0.133. The third-order valence-electron chi connectivity index (χ3n) is 3.57. The molecule has 1 fully saturated rings. The summed E-state index contributed by atoms with van der Waals surface area (Å²) in [6, 6.07) is 0.433. The van der Waals surface area contributed by atoms with Crippen LogP contribution in [0.2, 0.25) is 0 Å². The van der Waals surface area contributed by atoms with Crippen LogP contribution >= 0.6 is 0 Å². The van der Waals surface area contributed by atoms with Crippen LogP contribution in [0.15, 0.2) is 0 Å². The van der Waals surface area contributed by atoms with E-state index in [0.29, 0.717) is 30.8 Å². The second-order valence-corrected chi connectivity index (χ2v) is 5.43. The molecule has 0 aromatic carbocycles. The molecule has 1 aliphatic rings. The summed E-state index contributed by atoms with van der Waals surface area (Å²) in [6.07, 6.45) is 1.70. The summed E-state index contributed by atoms with van der Waals surface area (Å²) in [4.78, 5) is 16.3. The lowest BCUT2D eigenvalue weighted by Crippen LogP contribution is -2.52. The van der Waals surface area contributed by atoms with Gasteiger partial charge in [0.25, 0.3) is 0 Å². The zero-order valence-electron chi connectivity index (χ0n) is 11.5. The zero-order chi connectivity index (χ0) is 12.8. The number of hydrogen-bond donors (Lipinski definition) is 1. The molecule has 0 radical (unpaired) electrons. The van der Waals surface area contributed by atoms with Crippen molar-refractivity contribution < 1.29 is 4.79 Å². The number of rotatable bonds is 5. The van der Waals surface area contributed by atoms with E-state index in [0.717, 1.165) is 32.6 Å². The molecule has 1 saturated heterocycles. The highest BCUT2D eigenvalue weighted by atomic mass is 16.2. The van der Waals surface area contributed by atoms with Gasteiger partial charge in [-0.2, -0.15) is 0 Å². The maximum Gasteiger partial charge on any atom is 0.222 e. The molecule has 1 rings (SSSR count). The van der Waals surface area contributed by atoms with Gasteiger partial charge in [0.1, 0.15) is 0 Å². The van der Waals surface area contributed by atoms with Gasteiger partial charge in [-0.3, -0.25) is 9.69 Å². The normalized spacial score (nSPS) is 19.7. The Kier molecular flexibility index (Phi) is 5.92. The zero-order valence-corrected chi connectivity index (χ0v) is 11.5. The number of piperazine rings is 1. The first-order valence-corrected chi connectivity index (χ1v) is 6.76. The Morgan fingerprint density at radius 1 is 1.18 bits per heavy atom. The second kappa shape index (κ2) is 6.97.